The number of hydrogen-bond donors (Lipinski definition) is 1. The number of carbonyl (C=O) groups excluding carboxylic acids is 2. The number of benzene rings is 2. The molecule has 0 heterocycles. The normalized spacial score (nSPS) is 10.7. The predicted molar refractivity (Wildman–Crippen MR) is 104 cm³/mol. The Bertz CT molecular complexity index is 772. The number of rotatable bonds is 7. The molecule has 0 radical (unpaired) electrons. The third kappa shape index (κ3) is 6.28. The van der Waals surface area contributed by atoms with Gasteiger partial charge in [-0.25, -0.2) is 4.79 Å². The smallest absolute Gasteiger partial charge is 0.338 e. The van der Waals surface area contributed by atoms with Crippen LogP contribution in [0.4, 0.5) is 5.69 Å². The highest BCUT2D eigenvalue weighted by Crippen LogP contribution is 2.20. The Balaban J connectivity index is 1.83. The number of carbonyl (C=O) groups is 2. The highest BCUT2D eigenvalue weighted by molar-refractivity contribution is 9.10. The monoisotopic (exact) mass is 419 g/mol. The van der Waals surface area contributed by atoms with Gasteiger partial charge in [0.25, 0.3) is 5.91 Å². The minimum absolute atomic E-state index is 0.146. The molecule has 5 nitrogen and oxygen atoms in total. The van der Waals surface area contributed by atoms with Crippen LogP contribution in [0.1, 0.15) is 35.3 Å². The van der Waals surface area contributed by atoms with Crippen LogP contribution in [0, 0.1) is 6.92 Å². The number of halogens is 1. The minimum atomic E-state index is -0.540. The number of ether oxygens (including phenoxy) is 2. The van der Waals surface area contributed by atoms with E-state index in [9.17, 15) is 9.59 Å². The van der Waals surface area contributed by atoms with Gasteiger partial charge in [0.15, 0.2) is 6.61 Å². The number of hydrogen-bond acceptors (Lipinski definition) is 4. The Morgan fingerprint density at radius 2 is 1.81 bits per heavy atom. The highest BCUT2D eigenvalue weighted by Gasteiger charge is 2.11. The molecule has 2 aromatic rings. The number of anilines is 1. The van der Waals surface area contributed by atoms with E-state index in [1.807, 2.05) is 39.0 Å². The summed E-state index contributed by atoms with van der Waals surface area (Å²) in [6, 6.07) is 12.4. The van der Waals surface area contributed by atoms with Gasteiger partial charge in [0.1, 0.15) is 0 Å². The van der Waals surface area contributed by atoms with E-state index in [2.05, 4.69) is 21.2 Å². The molecule has 2 rings (SSSR count). The quantitative estimate of drug-likeness (QED) is 0.671. The Labute approximate surface area is 161 Å². The van der Waals surface area contributed by atoms with Crippen LogP contribution < -0.4 is 5.32 Å². The standard InChI is InChI=1S/C20H22BrNO4/c1-13(2)25-11-15-5-7-16(8-6-15)20(24)26-12-19(23)22-17-9-4-14(3)18(21)10-17/h4-10,13H,11-12H2,1-3H3,(H,22,23). The van der Waals surface area contributed by atoms with Crippen LogP contribution in [0.15, 0.2) is 46.9 Å². The lowest BCUT2D eigenvalue weighted by atomic mass is 10.1. The number of esters is 1. The Morgan fingerprint density at radius 1 is 1.12 bits per heavy atom. The van der Waals surface area contributed by atoms with Crippen molar-refractivity contribution in [2.24, 2.45) is 0 Å². The lowest BCUT2D eigenvalue weighted by molar-refractivity contribution is -0.119. The van der Waals surface area contributed by atoms with E-state index < -0.39 is 11.9 Å². The molecule has 0 saturated heterocycles. The second kappa shape index (κ2) is 9.50. The summed E-state index contributed by atoms with van der Waals surface area (Å²) in [4.78, 5) is 24.0. The molecule has 0 spiro atoms. The summed E-state index contributed by atoms with van der Waals surface area (Å²) in [6.45, 7) is 6.03. The molecule has 0 unspecified atom stereocenters. The van der Waals surface area contributed by atoms with E-state index in [0.717, 1.165) is 15.6 Å². The van der Waals surface area contributed by atoms with Crippen molar-refractivity contribution in [2.75, 3.05) is 11.9 Å². The van der Waals surface area contributed by atoms with Gasteiger partial charge in [-0.05, 0) is 56.2 Å². The zero-order chi connectivity index (χ0) is 19.1. The molecule has 0 bridgehead atoms. The first-order chi connectivity index (χ1) is 12.3. The zero-order valence-electron chi connectivity index (χ0n) is 15.0. The number of aryl methyl sites for hydroxylation is 1. The molecule has 2 aromatic carbocycles. The van der Waals surface area contributed by atoms with Crippen molar-refractivity contribution in [1.82, 2.24) is 0 Å². The molecule has 0 saturated carbocycles. The van der Waals surface area contributed by atoms with E-state index in [-0.39, 0.29) is 12.7 Å². The van der Waals surface area contributed by atoms with Gasteiger partial charge in [-0.1, -0.05) is 34.1 Å². The van der Waals surface area contributed by atoms with Gasteiger partial charge >= 0.3 is 5.97 Å². The molecule has 0 fully saturated rings. The second-order valence-electron chi connectivity index (χ2n) is 6.14. The molecule has 6 heteroatoms. The van der Waals surface area contributed by atoms with Crippen LogP contribution in [0.3, 0.4) is 0 Å². The summed E-state index contributed by atoms with van der Waals surface area (Å²) >= 11 is 3.41. The van der Waals surface area contributed by atoms with E-state index in [0.29, 0.717) is 17.9 Å². The Kier molecular flexibility index (Phi) is 7.36. The van der Waals surface area contributed by atoms with E-state index in [1.165, 1.54) is 0 Å². The number of amides is 1. The molecular weight excluding hydrogens is 398 g/mol. The lowest BCUT2D eigenvalue weighted by Gasteiger charge is -2.09. The second-order valence-corrected chi connectivity index (χ2v) is 7.00. The fourth-order valence-electron chi connectivity index (χ4n) is 2.08. The maximum Gasteiger partial charge on any atom is 0.338 e. The van der Waals surface area contributed by atoms with Gasteiger partial charge in [0.2, 0.25) is 0 Å². The summed E-state index contributed by atoms with van der Waals surface area (Å²) < 4.78 is 11.5. The average molecular weight is 420 g/mol. The minimum Gasteiger partial charge on any atom is -0.452 e. The summed E-state index contributed by atoms with van der Waals surface area (Å²) in [5.74, 6) is -0.933. The summed E-state index contributed by atoms with van der Waals surface area (Å²) in [6.07, 6.45) is 0.146. The molecule has 1 amide bonds. The molecular formula is C20H22BrNO4. The first-order valence-electron chi connectivity index (χ1n) is 8.29. The zero-order valence-corrected chi connectivity index (χ0v) is 16.6. The van der Waals surface area contributed by atoms with Crippen LogP contribution in [-0.2, 0) is 20.9 Å². The highest BCUT2D eigenvalue weighted by atomic mass is 79.9. The maximum atomic E-state index is 12.0. The van der Waals surface area contributed by atoms with Crippen molar-refractivity contribution in [3.8, 4) is 0 Å². The predicted octanol–water partition coefficient (Wildman–Crippen LogP) is 4.48. The molecule has 0 aliphatic carbocycles. The summed E-state index contributed by atoms with van der Waals surface area (Å²) in [5.41, 5.74) is 3.07. The van der Waals surface area contributed by atoms with Crippen molar-refractivity contribution in [2.45, 2.75) is 33.5 Å². The summed E-state index contributed by atoms with van der Waals surface area (Å²) in [5, 5.41) is 2.69. The largest absolute Gasteiger partial charge is 0.452 e. The SMILES string of the molecule is Cc1ccc(NC(=O)COC(=O)c2ccc(COC(C)C)cc2)cc1Br. The van der Waals surface area contributed by atoms with Crippen molar-refractivity contribution < 1.29 is 19.1 Å². The first-order valence-corrected chi connectivity index (χ1v) is 9.08. The summed E-state index contributed by atoms with van der Waals surface area (Å²) in [7, 11) is 0. The molecule has 0 atom stereocenters. The van der Waals surface area contributed by atoms with Crippen molar-refractivity contribution in [1.29, 1.82) is 0 Å². The third-order valence-electron chi connectivity index (χ3n) is 3.56. The average Bonchev–Trinajstić information content (AvgIpc) is 2.61. The molecule has 1 N–H and O–H groups in total. The van der Waals surface area contributed by atoms with Crippen LogP contribution in [0.5, 0.6) is 0 Å². The fourth-order valence-corrected chi connectivity index (χ4v) is 2.46. The van der Waals surface area contributed by atoms with Gasteiger partial charge in [-0.2, -0.15) is 0 Å². The van der Waals surface area contributed by atoms with Crippen molar-refractivity contribution in [3.63, 3.8) is 0 Å². The van der Waals surface area contributed by atoms with Crippen molar-refractivity contribution >= 4 is 33.5 Å². The number of nitrogens with one attached hydrogen (secondary N) is 1. The van der Waals surface area contributed by atoms with Gasteiger partial charge < -0.3 is 14.8 Å². The van der Waals surface area contributed by atoms with Crippen LogP contribution in [0.25, 0.3) is 0 Å². The van der Waals surface area contributed by atoms with Crippen LogP contribution in [-0.4, -0.2) is 24.6 Å². The van der Waals surface area contributed by atoms with Gasteiger partial charge in [-0.3, -0.25) is 4.79 Å². The Morgan fingerprint density at radius 3 is 2.42 bits per heavy atom. The molecule has 0 aromatic heterocycles. The first kappa shape index (κ1) is 20.1. The molecule has 138 valence electrons. The van der Waals surface area contributed by atoms with Gasteiger partial charge in [0, 0.05) is 10.2 Å². The van der Waals surface area contributed by atoms with Crippen LogP contribution in [0.2, 0.25) is 0 Å². The fraction of sp³-hybridized carbons (Fsp3) is 0.300. The lowest BCUT2D eigenvalue weighted by Crippen LogP contribution is -2.21. The van der Waals surface area contributed by atoms with Crippen molar-refractivity contribution in [3.05, 3.63) is 63.6 Å². The topological polar surface area (TPSA) is 64.6 Å². The van der Waals surface area contributed by atoms with E-state index in [1.54, 1.807) is 24.3 Å². The Hall–Kier alpha value is -2.18. The maximum absolute atomic E-state index is 12.0. The molecule has 0 aliphatic rings. The van der Waals surface area contributed by atoms with E-state index >= 15 is 0 Å². The third-order valence-corrected chi connectivity index (χ3v) is 4.42. The molecule has 0 aliphatic heterocycles. The van der Waals surface area contributed by atoms with Gasteiger partial charge in [-0.15, -0.1) is 0 Å². The van der Waals surface area contributed by atoms with Crippen LogP contribution >= 0.6 is 15.9 Å². The van der Waals surface area contributed by atoms with Gasteiger partial charge in [0.05, 0.1) is 18.3 Å². The molecule has 26 heavy (non-hydrogen) atoms. The van der Waals surface area contributed by atoms with E-state index in [4.69, 9.17) is 9.47 Å².